The lowest BCUT2D eigenvalue weighted by Crippen LogP contribution is -2.27. The maximum atomic E-state index is 12.9. The van der Waals surface area contributed by atoms with Crippen LogP contribution < -0.4 is 15.8 Å². The van der Waals surface area contributed by atoms with Crippen LogP contribution >= 0.6 is 23.2 Å². The normalized spacial score (nSPS) is 13.4. The van der Waals surface area contributed by atoms with Crippen LogP contribution in [0, 0.1) is 0 Å². The molecule has 6 nitrogen and oxygen atoms in total. The molecule has 1 aromatic heterocycles. The summed E-state index contributed by atoms with van der Waals surface area (Å²) in [6.45, 7) is 2.32. The van der Waals surface area contributed by atoms with Crippen LogP contribution in [-0.2, 0) is 13.5 Å². The molecule has 166 valence electrons. The highest BCUT2D eigenvalue weighted by molar-refractivity contribution is 6.39. The number of aromatic nitrogens is 2. The standard InChI is InChI=1S/C24H24Cl2N4O2/c1-29-24(32)21(20(15-28-29)30-13-2-3-14-30)17-9-7-16(8-10-17)11-12-27-23(31)22-18(25)5-4-6-19(22)26/h4-10,15H,2-3,11-14H2,1H3,(H,27,31). The van der Waals surface area contributed by atoms with Gasteiger partial charge in [-0.25, -0.2) is 4.68 Å². The fourth-order valence-corrected chi connectivity index (χ4v) is 4.53. The lowest BCUT2D eigenvalue weighted by Gasteiger charge is -2.21. The van der Waals surface area contributed by atoms with Gasteiger partial charge in [0.15, 0.2) is 0 Å². The van der Waals surface area contributed by atoms with Crippen molar-refractivity contribution in [3.05, 3.63) is 80.2 Å². The highest BCUT2D eigenvalue weighted by Crippen LogP contribution is 2.29. The van der Waals surface area contributed by atoms with E-state index in [4.69, 9.17) is 23.2 Å². The van der Waals surface area contributed by atoms with Crippen molar-refractivity contribution >= 4 is 34.8 Å². The Morgan fingerprint density at radius 3 is 2.38 bits per heavy atom. The van der Waals surface area contributed by atoms with E-state index in [1.165, 1.54) is 4.68 Å². The fraction of sp³-hybridized carbons (Fsp3) is 0.292. The molecule has 32 heavy (non-hydrogen) atoms. The third-order valence-corrected chi connectivity index (χ3v) is 6.33. The zero-order valence-corrected chi connectivity index (χ0v) is 19.3. The molecular weight excluding hydrogens is 447 g/mol. The van der Waals surface area contributed by atoms with Crippen LogP contribution in [0.5, 0.6) is 0 Å². The largest absolute Gasteiger partial charge is 0.370 e. The van der Waals surface area contributed by atoms with Crippen molar-refractivity contribution in [1.82, 2.24) is 15.1 Å². The second-order valence-electron chi connectivity index (χ2n) is 7.83. The Labute approximate surface area is 196 Å². The van der Waals surface area contributed by atoms with Gasteiger partial charge in [0.05, 0.1) is 33.1 Å². The van der Waals surface area contributed by atoms with Crippen LogP contribution in [0.25, 0.3) is 11.1 Å². The van der Waals surface area contributed by atoms with Gasteiger partial charge in [-0.15, -0.1) is 0 Å². The lowest BCUT2D eigenvalue weighted by atomic mass is 10.0. The topological polar surface area (TPSA) is 67.2 Å². The molecule has 0 spiro atoms. The lowest BCUT2D eigenvalue weighted by molar-refractivity contribution is 0.0954. The molecule has 1 amide bonds. The zero-order valence-electron chi connectivity index (χ0n) is 17.8. The number of halogens is 2. The Kier molecular flexibility index (Phi) is 6.82. The van der Waals surface area contributed by atoms with Gasteiger partial charge in [-0.1, -0.05) is 53.5 Å². The molecule has 0 saturated carbocycles. The van der Waals surface area contributed by atoms with Gasteiger partial charge < -0.3 is 10.2 Å². The first-order valence-electron chi connectivity index (χ1n) is 10.6. The Balaban J connectivity index is 1.47. The smallest absolute Gasteiger partial charge is 0.276 e. The average Bonchev–Trinajstić information content (AvgIpc) is 3.31. The first-order valence-corrected chi connectivity index (χ1v) is 11.3. The molecular formula is C24H24Cl2N4O2. The van der Waals surface area contributed by atoms with Crippen molar-refractivity contribution in [3.63, 3.8) is 0 Å². The number of nitrogens with one attached hydrogen (secondary N) is 1. The van der Waals surface area contributed by atoms with E-state index in [1.54, 1.807) is 31.4 Å². The molecule has 3 aromatic rings. The molecule has 1 aliphatic rings. The molecule has 0 aliphatic carbocycles. The van der Waals surface area contributed by atoms with E-state index in [2.05, 4.69) is 15.3 Å². The summed E-state index contributed by atoms with van der Waals surface area (Å²) in [5.74, 6) is -0.298. The second-order valence-corrected chi connectivity index (χ2v) is 8.64. The van der Waals surface area contributed by atoms with Gasteiger partial charge >= 0.3 is 0 Å². The number of carbonyl (C=O) groups excluding carboxylic acids is 1. The third-order valence-electron chi connectivity index (χ3n) is 5.70. The maximum absolute atomic E-state index is 12.9. The number of hydrogen-bond donors (Lipinski definition) is 1. The van der Waals surface area contributed by atoms with Gasteiger partial charge in [0.25, 0.3) is 11.5 Å². The number of benzene rings is 2. The summed E-state index contributed by atoms with van der Waals surface area (Å²) >= 11 is 12.2. The summed E-state index contributed by atoms with van der Waals surface area (Å²) in [7, 11) is 1.67. The molecule has 8 heteroatoms. The number of carbonyl (C=O) groups is 1. The Morgan fingerprint density at radius 2 is 1.72 bits per heavy atom. The van der Waals surface area contributed by atoms with E-state index in [1.807, 2.05) is 24.3 Å². The molecule has 0 unspecified atom stereocenters. The van der Waals surface area contributed by atoms with Crippen molar-refractivity contribution in [1.29, 1.82) is 0 Å². The van der Waals surface area contributed by atoms with Crippen LogP contribution in [0.3, 0.4) is 0 Å². The van der Waals surface area contributed by atoms with Crippen LogP contribution in [0.1, 0.15) is 28.8 Å². The van der Waals surface area contributed by atoms with E-state index in [9.17, 15) is 9.59 Å². The Morgan fingerprint density at radius 1 is 1.06 bits per heavy atom. The number of aryl methyl sites for hydroxylation is 1. The molecule has 0 bridgehead atoms. The highest BCUT2D eigenvalue weighted by atomic mass is 35.5. The molecule has 1 aliphatic heterocycles. The third kappa shape index (κ3) is 4.66. The number of anilines is 1. The SMILES string of the molecule is Cn1ncc(N2CCCC2)c(-c2ccc(CCNC(=O)c3c(Cl)cccc3Cl)cc2)c1=O. The van der Waals surface area contributed by atoms with E-state index in [0.29, 0.717) is 28.6 Å². The predicted molar refractivity (Wildman–Crippen MR) is 129 cm³/mol. The van der Waals surface area contributed by atoms with Gasteiger partial charge in [-0.05, 0) is 42.5 Å². The van der Waals surface area contributed by atoms with Crippen LogP contribution in [0.2, 0.25) is 10.0 Å². The molecule has 2 heterocycles. The summed E-state index contributed by atoms with van der Waals surface area (Å²) in [5.41, 5.74) is 3.67. The van der Waals surface area contributed by atoms with E-state index >= 15 is 0 Å². The minimum atomic E-state index is -0.298. The molecule has 4 rings (SSSR count). The molecule has 1 saturated heterocycles. The van der Waals surface area contributed by atoms with Crippen molar-refractivity contribution in [3.8, 4) is 11.1 Å². The summed E-state index contributed by atoms with van der Waals surface area (Å²) < 4.78 is 1.37. The van der Waals surface area contributed by atoms with Gasteiger partial charge in [-0.3, -0.25) is 9.59 Å². The summed E-state index contributed by atoms with van der Waals surface area (Å²) in [6, 6.07) is 12.9. The first-order chi connectivity index (χ1) is 15.5. The number of amides is 1. The number of rotatable bonds is 6. The van der Waals surface area contributed by atoms with Crippen LogP contribution in [-0.4, -0.2) is 35.3 Å². The number of nitrogens with zero attached hydrogens (tertiary/aromatic N) is 3. The summed E-state index contributed by atoms with van der Waals surface area (Å²) in [4.78, 5) is 27.5. The zero-order chi connectivity index (χ0) is 22.7. The molecule has 1 fully saturated rings. The van der Waals surface area contributed by atoms with Gasteiger partial charge in [0.1, 0.15) is 0 Å². The monoisotopic (exact) mass is 470 g/mol. The quantitative estimate of drug-likeness (QED) is 0.582. The van der Waals surface area contributed by atoms with Gasteiger partial charge in [0, 0.05) is 26.7 Å². The van der Waals surface area contributed by atoms with E-state index in [0.717, 1.165) is 42.7 Å². The predicted octanol–water partition coefficient (Wildman–Crippen LogP) is 4.33. The minimum absolute atomic E-state index is 0.106. The van der Waals surface area contributed by atoms with E-state index < -0.39 is 0 Å². The average molecular weight is 471 g/mol. The van der Waals surface area contributed by atoms with Gasteiger partial charge in [0.2, 0.25) is 0 Å². The van der Waals surface area contributed by atoms with Crippen molar-refractivity contribution in [2.75, 3.05) is 24.5 Å². The number of hydrogen-bond acceptors (Lipinski definition) is 4. The Bertz CT molecular complexity index is 1170. The molecule has 1 N–H and O–H groups in total. The summed E-state index contributed by atoms with van der Waals surface area (Å²) in [5, 5.41) is 7.74. The fourth-order valence-electron chi connectivity index (χ4n) is 3.96. The van der Waals surface area contributed by atoms with Crippen molar-refractivity contribution in [2.45, 2.75) is 19.3 Å². The van der Waals surface area contributed by atoms with E-state index in [-0.39, 0.29) is 17.0 Å². The van der Waals surface area contributed by atoms with Crippen molar-refractivity contribution < 1.29 is 4.79 Å². The Hall–Kier alpha value is -2.83. The van der Waals surface area contributed by atoms with Crippen molar-refractivity contribution in [2.24, 2.45) is 7.05 Å². The summed E-state index contributed by atoms with van der Waals surface area (Å²) in [6.07, 6.45) is 4.67. The van der Waals surface area contributed by atoms with Gasteiger partial charge in [-0.2, -0.15) is 5.10 Å². The minimum Gasteiger partial charge on any atom is -0.370 e. The maximum Gasteiger partial charge on any atom is 0.276 e. The first kappa shape index (κ1) is 22.4. The molecule has 0 atom stereocenters. The van der Waals surface area contributed by atoms with Crippen LogP contribution in [0.4, 0.5) is 5.69 Å². The van der Waals surface area contributed by atoms with Crippen LogP contribution in [0.15, 0.2) is 53.5 Å². The molecule has 2 aromatic carbocycles. The highest BCUT2D eigenvalue weighted by Gasteiger charge is 2.20. The molecule has 0 radical (unpaired) electrons. The second kappa shape index (κ2) is 9.76.